The third-order valence-electron chi connectivity index (χ3n) is 1.35. The van der Waals surface area contributed by atoms with Crippen LogP contribution in [0.3, 0.4) is 0 Å². The lowest BCUT2D eigenvalue weighted by Gasteiger charge is -2.23. The molecule has 0 rings (SSSR count). The Labute approximate surface area is 72.6 Å². The molecule has 0 spiro atoms. The molecular weight excluding hydrogens is 158 g/mol. The maximum absolute atomic E-state index is 11.0. The van der Waals surface area contributed by atoms with Crippen molar-refractivity contribution in [2.75, 3.05) is 6.61 Å². The number of carbonyl (C=O) groups excluding carboxylic acids is 1. The van der Waals surface area contributed by atoms with Crippen molar-refractivity contribution in [1.82, 2.24) is 5.32 Å². The van der Waals surface area contributed by atoms with Gasteiger partial charge in [0.1, 0.15) is 0 Å². The van der Waals surface area contributed by atoms with Gasteiger partial charge in [-0.15, -0.1) is 0 Å². The second-order valence-corrected chi connectivity index (χ2v) is 3.64. The molecule has 0 heterocycles. The quantitative estimate of drug-likeness (QED) is 0.546. The summed E-state index contributed by atoms with van der Waals surface area (Å²) in [6.45, 7) is 4.87. The molecule has 12 heavy (non-hydrogen) atoms. The van der Waals surface area contributed by atoms with Crippen molar-refractivity contribution in [3.05, 3.63) is 0 Å². The van der Waals surface area contributed by atoms with Gasteiger partial charge in [0, 0.05) is 0 Å². The number of aliphatic hydroxyl groups is 2. The first-order chi connectivity index (χ1) is 5.37. The van der Waals surface area contributed by atoms with Crippen molar-refractivity contribution in [3.8, 4) is 0 Å². The molecule has 0 aromatic rings. The minimum absolute atomic E-state index is 0.0728. The lowest BCUT2D eigenvalue weighted by molar-refractivity contribution is -0.124. The Balaban J connectivity index is 3.84. The minimum atomic E-state index is -0.639. The standard InChI is InChI=1S/C8H17NO3/c1-6(11)4-7(12)9-8(2,3)5-10/h6,10-11H,4-5H2,1-3H3,(H,9,12). The van der Waals surface area contributed by atoms with Crippen LogP contribution >= 0.6 is 0 Å². The third kappa shape index (κ3) is 5.09. The average Bonchev–Trinajstić information content (AvgIpc) is 1.84. The summed E-state index contributed by atoms with van der Waals surface area (Å²) in [6.07, 6.45) is -0.567. The van der Waals surface area contributed by atoms with Crippen LogP contribution in [-0.4, -0.2) is 34.4 Å². The second kappa shape index (κ2) is 4.42. The molecule has 0 aromatic carbocycles. The Hall–Kier alpha value is -0.610. The van der Waals surface area contributed by atoms with Crippen LogP contribution in [-0.2, 0) is 4.79 Å². The van der Waals surface area contributed by atoms with E-state index >= 15 is 0 Å². The zero-order valence-electron chi connectivity index (χ0n) is 7.79. The van der Waals surface area contributed by atoms with Gasteiger partial charge in [-0.05, 0) is 20.8 Å². The normalized spacial score (nSPS) is 14.1. The van der Waals surface area contributed by atoms with Gasteiger partial charge in [-0.1, -0.05) is 0 Å². The van der Waals surface area contributed by atoms with Crippen LogP contribution in [0.5, 0.6) is 0 Å². The topological polar surface area (TPSA) is 69.6 Å². The van der Waals surface area contributed by atoms with Crippen LogP contribution in [0.4, 0.5) is 0 Å². The van der Waals surface area contributed by atoms with Crippen molar-refractivity contribution in [3.63, 3.8) is 0 Å². The van der Waals surface area contributed by atoms with Crippen LogP contribution in [0.25, 0.3) is 0 Å². The zero-order valence-corrected chi connectivity index (χ0v) is 7.79. The van der Waals surface area contributed by atoms with E-state index in [1.54, 1.807) is 20.8 Å². The van der Waals surface area contributed by atoms with Gasteiger partial charge in [-0.25, -0.2) is 0 Å². The molecule has 72 valence electrons. The Morgan fingerprint density at radius 1 is 1.58 bits per heavy atom. The van der Waals surface area contributed by atoms with Crippen LogP contribution in [0.2, 0.25) is 0 Å². The molecular formula is C8H17NO3. The fourth-order valence-electron chi connectivity index (χ4n) is 0.736. The van der Waals surface area contributed by atoms with Crippen molar-refractivity contribution in [2.24, 2.45) is 0 Å². The highest BCUT2D eigenvalue weighted by Gasteiger charge is 2.19. The fourth-order valence-corrected chi connectivity index (χ4v) is 0.736. The van der Waals surface area contributed by atoms with Gasteiger partial charge in [0.25, 0.3) is 0 Å². The van der Waals surface area contributed by atoms with E-state index in [0.29, 0.717) is 0 Å². The minimum Gasteiger partial charge on any atom is -0.394 e. The Morgan fingerprint density at radius 3 is 2.42 bits per heavy atom. The summed E-state index contributed by atoms with van der Waals surface area (Å²) in [5, 5.41) is 20.3. The fraction of sp³-hybridized carbons (Fsp3) is 0.875. The summed E-state index contributed by atoms with van der Waals surface area (Å²) < 4.78 is 0. The molecule has 1 amide bonds. The molecule has 0 fully saturated rings. The molecule has 0 aliphatic heterocycles. The predicted octanol–water partition coefficient (Wildman–Crippen LogP) is -0.356. The molecule has 0 aromatic heterocycles. The number of carbonyl (C=O) groups is 1. The van der Waals surface area contributed by atoms with Gasteiger partial charge in [-0.2, -0.15) is 0 Å². The number of hydrogen-bond acceptors (Lipinski definition) is 3. The first kappa shape index (κ1) is 11.4. The van der Waals surface area contributed by atoms with Crippen molar-refractivity contribution in [2.45, 2.75) is 38.8 Å². The highest BCUT2D eigenvalue weighted by molar-refractivity contribution is 5.77. The number of rotatable bonds is 4. The highest BCUT2D eigenvalue weighted by atomic mass is 16.3. The number of nitrogens with one attached hydrogen (secondary N) is 1. The van der Waals surface area contributed by atoms with Crippen LogP contribution in [0, 0.1) is 0 Å². The zero-order chi connectivity index (χ0) is 9.78. The lowest BCUT2D eigenvalue weighted by Crippen LogP contribution is -2.46. The Kier molecular flexibility index (Phi) is 4.20. The van der Waals surface area contributed by atoms with E-state index in [1.165, 1.54) is 0 Å². The summed E-state index contributed by atoms with van der Waals surface area (Å²) in [5.41, 5.74) is -0.605. The van der Waals surface area contributed by atoms with Crippen LogP contribution in [0.15, 0.2) is 0 Å². The lowest BCUT2D eigenvalue weighted by atomic mass is 10.1. The molecule has 0 aliphatic rings. The maximum Gasteiger partial charge on any atom is 0.223 e. The van der Waals surface area contributed by atoms with Crippen molar-refractivity contribution >= 4 is 5.91 Å². The van der Waals surface area contributed by atoms with Gasteiger partial charge in [-0.3, -0.25) is 4.79 Å². The van der Waals surface area contributed by atoms with Gasteiger partial charge < -0.3 is 15.5 Å². The van der Waals surface area contributed by atoms with Crippen molar-refractivity contribution in [1.29, 1.82) is 0 Å². The summed E-state index contributed by atoms with van der Waals surface area (Å²) in [4.78, 5) is 11.0. The number of hydrogen-bond donors (Lipinski definition) is 3. The van der Waals surface area contributed by atoms with E-state index in [2.05, 4.69) is 5.32 Å². The third-order valence-corrected chi connectivity index (χ3v) is 1.35. The van der Waals surface area contributed by atoms with Gasteiger partial charge in [0.05, 0.1) is 24.7 Å². The summed E-state index contributed by atoms with van der Waals surface area (Å²) >= 11 is 0. The monoisotopic (exact) mass is 175 g/mol. The predicted molar refractivity (Wildman–Crippen MR) is 45.6 cm³/mol. The molecule has 0 bridgehead atoms. The molecule has 1 atom stereocenters. The second-order valence-electron chi connectivity index (χ2n) is 3.64. The Bertz CT molecular complexity index is 154. The molecule has 0 aliphatic carbocycles. The van der Waals surface area contributed by atoms with Crippen LogP contribution in [0.1, 0.15) is 27.2 Å². The van der Waals surface area contributed by atoms with E-state index in [0.717, 1.165) is 0 Å². The maximum atomic E-state index is 11.0. The van der Waals surface area contributed by atoms with Gasteiger partial charge in [0.2, 0.25) is 5.91 Å². The first-order valence-electron chi connectivity index (χ1n) is 3.97. The van der Waals surface area contributed by atoms with Crippen molar-refractivity contribution < 1.29 is 15.0 Å². The summed E-state index contributed by atoms with van der Waals surface area (Å²) in [7, 11) is 0. The first-order valence-corrected chi connectivity index (χ1v) is 3.97. The largest absolute Gasteiger partial charge is 0.394 e. The van der Waals surface area contributed by atoms with E-state index in [1.807, 2.05) is 0 Å². The molecule has 4 heteroatoms. The Morgan fingerprint density at radius 2 is 2.08 bits per heavy atom. The van der Waals surface area contributed by atoms with E-state index in [4.69, 9.17) is 10.2 Å². The number of amides is 1. The molecule has 4 nitrogen and oxygen atoms in total. The molecule has 0 saturated carbocycles. The SMILES string of the molecule is CC(O)CC(=O)NC(C)(C)CO. The smallest absolute Gasteiger partial charge is 0.223 e. The highest BCUT2D eigenvalue weighted by Crippen LogP contribution is 2.01. The summed E-state index contributed by atoms with van der Waals surface area (Å²) in [6, 6.07) is 0. The molecule has 1 unspecified atom stereocenters. The van der Waals surface area contributed by atoms with Gasteiger partial charge >= 0.3 is 0 Å². The van der Waals surface area contributed by atoms with E-state index < -0.39 is 11.6 Å². The number of aliphatic hydroxyl groups excluding tert-OH is 2. The van der Waals surface area contributed by atoms with E-state index in [-0.39, 0.29) is 18.9 Å². The summed E-state index contributed by atoms with van der Waals surface area (Å²) in [5.74, 6) is -0.246. The molecule has 0 radical (unpaired) electrons. The van der Waals surface area contributed by atoms with Crippen LogP contribution < -0.4 is 5.32 Å². The van der Waals surface area contributed by atoms with E-state index in [9.17, 15) is 4.79 Å². The molecule has 0 saturated heterocycles. The molecule has 3 N–H and O–H groups in total. The average molecular weight is 175 g/mol. The van der Waals surface area contributed by atoms with Gasteiger partial charge in [0.15, 0.2) is 0 Å².